The van der Waals surface area contributed by atoms with E-state index in [0.29, 0.717) is 0 Å². The van der Waals surface area contributed by atoms with E-state index in [2.05, 4.69) is 38.2 Å². The molecule has 0 aromatic carbocycles. The van der Waals surface area contributed by atoms with E-state index in [9.17, 15) is 0 Å². The van der Waals surface area contributed by atoms with Gasteiger partial charge < -0.3 is 10.2 Å². The molecule has 1 aliphatic rings. The van der Waals surface area contributed by atoms with Crippen molar-refractivity contribution < 1.29 is 0 Å². The lowest BCUT2D eigenvalue weighted by Gasteiger charge is -2.25. The second-order valence-electron chi connectivity index (χ2n) is 6.12. The number of aryl methyl sites for hydroxylation is 2. The van der Waals surface area contributed by atoms with Gasteiger partial charge in [0.2, 0.25) is 0 Å². The van der Waals surface area contributed by atoms with Crippen molar-refractivity contribution in [1.82, 2.24) is 20.2 Å². The van der Waals surface area contributed by atoms with Crippen molar-refractivity contribution in [2.45, 2.75) is 39.5 Å². The van der Waals surface area contributed by atoms with E-state index in [1.165, 1.54) is 23.4 Å². The van der Waals surface area contributed by atoms with E-state index in [4.69, 9.17) is 9.97 Å². The SMILES string of the molecule is CCNCC1CCc2nc(CCN(C)C)nc(C)c2C1. The van der Waals surface area contributed by atoms with Crippen LogP contribution in [-0.4, -0.2) is 48.6 Å². The molecule has 1 aromatic heterocycles. The molecule has 1 N–H and O–H groups in total. The first-order chi connectivity index (χ1) is 9.60. The number of hydrogen-bond donors (Lipinski definition) is 1. The van der Waals surface area contributed by atoms with E-state index in [1.54, 1.807) is 0 Å². The van der Waals surface area contributed by atoms with E-state index in [0.717, 1.165) is 50.6 Å². The van der Waals surface area contributed by atoms with Crippen LogP contribution in [0.3, 0.4) is 0 Å². The quantitative estimate of drug-likeness (QED) is 0.857. The van der Waals surface area contributed by atoms with Gasteiger partial charge in [-0.2, -0.15) is 0 Å². The summed E-state index contributed by atoms with van der Waals surface area (Å²) in [5.74, 6) is 1.76. The molecule has 0 radical (unpaired) electrons. The zero-order valence-electron chi connectivity index (χ0n) is 13.4. The van der Waals surface area contributed by atoms with Gasteiger partial charge >= 0.3 is 0 Å². The molecule has 2 rings (SSSR count). The number of nitrogens with one attached hydrogen (secondary N) is 1. The van der Waals surface area contributed by atoms with Crippen molar-refractivity contribution in [2.24, 2.45) is 5.92 Å². The van der Waals surface area contributed by atoms with Gasteiger partial charge in [0, 0.05) is 24.4 Å². The maximum atomic E-state index is 4.80. The molecule has 1 heterocycles. The van der Waals surface area contributed by atoms with Crippen LogP contribution >= 0.6 is 0 Å². The van der Waals surface area contributed by atoms with Gasteiger partial charge in [-0.1, -0.05) is 6.92 Å². The monoisotopic (exact) mass is 276 g/mol. The first-order valence-electron chi connectivity index (χ1n) is 7.80. The van der Waals surface area contributed by atoms with Crippen molar-refractivity contribution in [3.05, 3.63) is 22.8 Å². The second-order valence-corrected chi connectivity index (χ2v) is 6.12. The molecule has 0 amide bonds. The van der Waals surface area contributed by atoms with Gasteiger partial charge in [-0.25, -0.2) is 9.97 Å². The molecule has 0 saturated heterocycles. The molecule has 20 heavy (non-hydrogen) atoms. The highest BCUT2D eigenvalue weighted by Crippen LogP contribution is 2.25. The largest absolute Gasteiger partial charge is 0.317 e. The molecular weight excluding hydrogens is 248 g/mol. The highest BCUT2D eigenvalue weighted by molar-refractivity contribution is 5.28. The summed E-state index contributed by atoms with van der Waals surface area (Å²) in [7, 11) is 4.19. The number of rotatable bonds is 6. The molecule has 0 fully saturated rings. The molecule has 4 nitrogen and oxygen atoms in total. The summed E-state index contributed by atoms with van der Waals surface area (Å²) in [6.07, 6.45) is 4.46. The molecule has 1 atom stereocenters. The van der Waals surface area contributed by atoms with Gasteiger partial charge in [0.1, 0.15) is 5.82 Å². The van der Waals surface area contributed by atoms with E-state index < -0.39 is 0 Å². The van der Waals surface area contributed by atoms with Gasteiger partial charge in [0.15, 0.2) is 0 Å². The molecule has 112 valence electrons. The Labute approximate surface area is 123 Å². The summed E-state index contributed by atoms with van der Waals surface area (Å²) in [6, 6.07) is 0. The lowest BCUT2D eigenvalue weighted by atomic mass is 9.85. The summed E-state index contributed by atoms with van der Waals surface area (Å²) in [4.78, 5) is 11.7. The fourth-order valence-corrected chi connectivity index (χ4v) is 2.88. The van der Waals surface area contributed by atoms with E-state index in [-0.39, 0.29) is 0 Å². The normalized spacial score (nSPS) is 18.4. The summed E-state index contributed by atoms with van der Waals surface area (Å²) in [5, 5.41) is 3.47. The van der Waals surface area contributed by atoms with Crippen LogP contribution in [0.15, 0.2) is 0 Å². The van der Waals surface area contributed by atoms with Crippen LogP contribution in [-0.2, 0) is 19.3 Å². The highest BCUT2D eigenvalue weighted by atomic mass is 15.1. The van der Waals surface area contributed by atoms with E-state index in [1.807, 2.05) is 0 Å². The number of aromatic nitrogens is 2. The topological polar surface area (TPSA) is 41.1 Å². The Morgan fingerprint density at radius 2 is 2.10 bits per heavy atom. The van der Waals surface area contributed by atoms with Crippen molar-refractivity contribution in [1.29, 1.82) is 0 Å². The minimum atomic E-state index is 0.748. The minimum absolute atomic E-state index is 0.748. The third-order valence-electron chi connectivity index (χ3n) is 4.09. The third kappa shape index (κ3) is 4.00. The summed E-state index contributed by atoms with van der Waals surface area (Å²) in [6.45, 7) is 7.51. The van der Waals surface area contributed by atoms with Crippen LogP contribution in [0.25, 0.3) is 0 Å². The smallest absolute Gasteiger partial charge is 0.130 e. The predicted molar refractivity (Wildman–Crippen MR) is 83.1 cm³/mol. The molecule has 0 bridgehead atoms. The average Bonchev–Trinajstić information content (AvgIpc) is 2.43. The Kier molecular flexibility index (Phi) is 5.49. The van der Waals surface area contributed by atoms with Crippen LogP contribution in [0.4, 0.5) is 0 Å². The van der Waals surface area contributed by atoms with Crippen LogP contribution < -0.4 is 5.32 Å². The number of nitrogens with zero attached hydrogens (tertiary/aromatic N) is 3. The standard InChI is InChI=1S/C16H28N4/c1-5-17-11-13-6-7-15-14(10-13)12(2)18-16(19-15)8-9-20(3)4/h13,17H,5-11H2,1-4H3. The number of hydrogen-bond acceptors (Lipinski definition) is 4. The molecule has 1 unspecified atom stereocenters. The number of likely N-dealkylation sites (N-methyl/N-ethyl adjacent to an activating group) is 1. The molecular formula is C16H28N4. The Balaban J connectivity index is 2.06. The first kappa shape index (κ1) is 15.4. The average molecular weight is 276 g/mol. The highest BCUT2D eigenvalue weighted by Gasteiger charge is 2.22. The third-order valence-corrected chi connectivity index (χ3v) is 4.09. The minimum Gasteiger partial charge on any atom is -0.317 e. The molecule has 4 heteroatoms. The molecule has 1 aromatic rings. The molecule has 1 aliphatic carbocycles. The van der Waals surface area contributed by atoms with Crippen molar-refractivity contribution >= 4 is 0 Å². The summed E-state index contributed by atoms with van der Waals surface area (Å²) >= 11 is 0. The van der Waals surface area contributed by atoms with Gasteiger partial charge in [0.25, 0.3) is 0 Å². The van der Waals surface area contributed by atoms with Gasteiger partial charge in [-0.15, -0.1) is 0 Å². The molecule has 0 spiro atoms. The Morgan fingerprint density at radius 3 is 2.80 bits per heavy atom. The Morgan fingerprint density at radius 1 is 1.30 bits per heavy atom. The van der Waals surface area contributed by atoms with Crippen LogP contribution in [0.1, 0.15) is 36.1 Å². The number of fused-ring (bicyclic) bond motifs is 1. The van der Waals surface area contributed by atoms with Crippen molar-refractivity contribution in [3.63, 3.8) is 0 Å². The zero-order valence-corrected chi connectivity index (χ0v) is 13.4. The maximum Gasteiger partial charge on any atom is 0.130 e. The van der Waals surface area contributed by atoms with Crippen LogP contribution in [0, 0.1) is 12.8 Å². The lowest BCUT2D eigenvalue weighted by Crippen LogP contribution is -2.28. The lowest BCUT2D eigenvalue weighted by molar-refractivity contribution is 0.404. The van der Waals surface area contributed by atoms with Gasteiger partial charge in [-0.05, 0) is 64.9 Å². The fourth-order valence-electron chi connectivity index (χ4n) is 2.88. The van der Waals surface area contributed by atoms with Crippen LogP contribution in [0.2, 0.25) is 0 Å². The van der Waals surface area contributed by atoms with Crippen molar-refractivity contribution in [2.75, 3.05) is 33.7 Å². The summed E-state index contributed by atoms with van der Waals surface area (Å²) < 4.78 is 0. The zero-order chi connectivity index (χ0) is 14.5. The first-order valence-corrected chi connectivity index (χ1v) is 7.80. The van der Waals surface area contributed by atoms with Gasteiger partial charge in [-0.3, -0.25) is 0 Å². The van der Waals surface area contributed by atoms with E-state index >= 15 is 0 Å². The summed E-state index contributed by atoms with van der Waals surface area (Å²) in [5.41, 5.74) is 3.91. The molecule has 0 saturated carbocycles. The maximum absolute atomic E-state index is 4.80. The second kappa shape index (κ2) is 7.14. The fraction of sp³-hybridized carbons (Fsp3) is 0.750. The Hall–Kier alpha value is -1.00. The predicted octanol–water partition coefficient (Wildman–Crippen LogP) is 1.60. The van der Waals surface area contributed by atoms with Crippen LogP contribution in [0.5, 0.6) is 0 Å². The Bertz CT molecular complexity index is 442. The molecule has 0 aliphatic heterocycles. The van der Waals surface area contributed by atoms with Gasteiger partial charge in [0.05, 0.1) is 0 Å². The van der Waals surface area contributed by atoms with Crippen molar-refractivity contribution in [3.8, 4) is 0 Å².